The van der Waals surface area contributed by atoms with Gasteiger partial charge in [0.05, 0.1) is 12.1 Å². The molecule has 1 aromatic carbocycles. The lowest BCUT2D eigenvalue weighted by molar-refractivity contribution is 0.160. The van der Waals surface area contributed by atoms with Gasteiger partial charge in [-0.05, 0) is 47.2 Å². The smallest absolute Gasteiger partial charge is 0.200 e. The van der Waals surface area contributed by atoms with Crippen molar-refractivity contribution in [1.82, 2.24) is 25.3 Å². The molecule has 7 nitrogen and oxygen atoms in total. The first kappa shape index (κ1) is 14.3. The molecule has 0 unspecified atom stereocenters. The summed E-state index contributed by atoms with van der Waals surface area (Å²) in [6.07, 6.45) is -1.04. The van der Waals surface area contributed by atoms with Gasteiger partial charge >= 0.3 is 0 Å². The van der Waals surface area contributed by atoms with Gasteiger partial charge in [-0.1, -0.05) is 6.07 Å². The minimum Gasteiger partial charge on any atom is -0.386 e. The Morgan fingerprint density at radius 3 is 2.77 bits per heavy atom. The normalized spacial score (nSPS) is 14.0. The number of anilines is 1. The molecule has 3 rings (SSSR count). The number of rotatable bonds is 4. The number of benzene rings is 1. The number of aromatic nitrogens is 5. The van der Waals surface area contributed by atoms with E-state index in [4.69, 9.17) is 0 Å². The zero-order chi connectivity index (χ0) is 15.7. The van der Waals surface area contributed by atoms with E-state index in [1.807, 2.05) is 0 Å². The van der Waals surface area contributed by atoms with Crippen molar-refractivity contribution in [2.45, 2.75) is 19.1 Å². The van der Waals surface area contributed by atoms with Crippen LogP contribution in [-0.2, 0) is 0 Å². The third-order valence-electron chi connectivity index (χ3n) is 3.20. The first-order valence-electron chi connectivity index (χ1n) is 6.49. The Labute approximate surface area is 123 Å². The van der Waals surface area contributed by atoms with Crippen LogP contribution >= 0.6 is 0 Å². The van der Waals surface area contributed by atoms with E-state index in [1.54, 1.807) is 19.1 Å². The van der Waals surface area contributed by atoms with E-state index < -0.39 is 23.8 Å². The number of fused-ring (bicyclic) bond motifs is 1. The Hall–Kier alpha value is -2.68. The van der Waals surface area contributed by atoms with E-state index in [0.717, 1.165) is 12.1 Å². The maximum Gasteiger partial charge on any atom is 0.200 e. The van der Waals surface area contributed by atoms with Gasteiger partial charge in [0.2, 0.25) is 0 Å². The van der Waals surface area contributed by atoms with Crippen molar-refractivity contribution >= 4 is 11.5 Å². The van der Waals surface area contributed by atoms with Crippen molar-refractivity contribution in [3.63, 3.8) is 0 Å². The topological polar surface area (TPSA) is 88.2 Å². The van der Waals surface area contributed by atoms with Crippen LogP contribution in [0.1, 0.15) is 18.6 Å². The van der Waals surface area contributed by atoms with E-state index in [1.165, 1.54) is 10.7 Å². The van der Waals surface area contributed by atoms with E-state index >= 15 is 0 Å². The number of aliphatic hydroxyl groups is 1. The number of aliphatic hydroxyl groups excluding tert-OH is 1. The van der Waals surface area contributed by atoms with Gasteiger partial charge in [0, 0.05) is 0 Å². The highest BCUT2D eigenvalue weighted by atomic mass is 19.2. The van der Waals surface area contributed by atoms with Crippen LogP contribution in [0.3, 0.4) is 0 Å². The molecule has 2 aromatic heterocycles. The molecule has 0 radical (unpaired) electrons. The molecule has 2 atom stereocenters. The Morgan fingerprint density at radius 1 is 1.18 bits per heavy atom. The Morgan fingerprint density at radius 2 is 2.00 bits per heavy atom. The fraction of sp³-hybridized carbons (Fsp3) is 0.231. The summed E-state index contributed by atoms with van der Waals surface area (Å²) in [5, 5.41) is 28.1. The minimum atomic E-state index is -1.04. The highest BCUT2D eigenvalue weighted by Gasteiger charge is 2.18. The zero-order valence-corrected chi connectivity index (χ0v) is 11.5. The molecule has 0 aliphatic rings. The van der Waals surface area contributed by atoms with Crippen molar-refractivity contribution in [2.24, 2.45) is 0 Å². The Kier molecular flexibility index (Phi) is 3.63. The van der Waals surface area contributed by atoms with Crippen LogP contribution in [0.25, 0.3) is 5.65 Å². The number of hydrogen-bond acceptors (Lipinski definition) is 6. The van der Waals surface area contributed by atoms with Crippen LogP contribution in [0.4, 0.5) is 14.6 Å². The molecule has 0 aliphatic heterocycles. The van der Waals surface area contributed by atoms with Gasteiger partial charge in [-0.3, -0.25) is 0 Å². The number of halogens is 2. The molecule has 22 heavy (non-hydrogen) atoms. The summed E-state index contributed by atoms with van der Waals surface area (Å²) in [5.41, 5.74) is 0.752. The Bertz CT molecular complexity index is 808. The minimum absolute atomic E-state index is 0.266. The van der Waals surface area contributed by atoms with Crippen molar-refractivity contribution < 1.29 is 13.9 Å². The second-order valence-electron chi connectivity index (χ2n) is 4.80. The molecule has 0 aliphatic carbocycles. The standard InChI is InChI=1S/C13H12F2N6O/c1-7(13(22)8-2-3-9(14)10(15)6-8)16-11-4-5-12-17-19-20-21(12)18-11/h2-7,13,22H,1H3,(H,16,18)/t7-,13-/m1/s1. The molecule has 2 heterocycles. The highest BCUT2D eigenvalue weighted by molar-refractivity contribution is 5.43. The van der Waals surface area contributed by atoms with Gasteiger partial charge in [0.15, 0.2) is 17.3 Å². The second kappa shape index (κ2) is 5.60. The second-order valence-corrected chi connectivity index (χ2v) is 4.80. The van der Waals surface area contributed by atoms with Crippen LogP contribution in [-0.4, -0.2) is 36.4 Å². The van der Waals surface area contributed by atoms with Crippen LogP contribution in [0.5, 0.6) is 0 Å². The fourth-order valence-corrected chi connectivity index (χ4v) is 2.02. The lowest BCUT2D eigenvalue weighted by Crippen LogP contribution is -2.25. The monoisotopic (exact) mass is 306 g/mol. The summed E-state index contributed by atoms with van der Waals surface area (Å²) in [5.74, 6) is -1.52. The summed E-state index contributed by atoms with van der Waals surface area (Å²) >= 11 is 0. The quantitative estimate of drug-likeness (QED) is 0.756. The van der Waals surface area contributed by atoms with Crippen LogP contribution in [0, 0.1) is 11.6 Å². The molecule has 0 saturated carbocycles. The van der Waals surface area contributed by atoms with Gasteiger partial charge in [0.25, 0.3) is 0 Å². The summed E-state index contributed by atoms with van der Waals surface area (Å²) in [4.78, 5) is 0. The SMILES string of the molecule is C[C@@H](Nc1ccc2nnnn2n1)[C@@H](O)c1ccc(F)c(F)c1. The molecule has 9 heteroatoms. The number of nitrogens with one attached hydrogen (secondary N) is 1. The lowest BCUT2D eigenvalue weighted by atomic mass is 10.0. The fourth-order valence-electron chi connectivity index (χ4n) is 2.02. The molecule has 114 valence electrons. The Balaban J connectivity index is 1.77. The molecule has 2 N–H and O–H groups in total. The van der Waals surface area contributed by atoms with Gasteiger partial charge < -0.3 is 10.4 Å². The molecule has 0 amide bonds. The average Bonchev–Trinajstić information content (AvgIpc) is 2.97. The molecular weight excluding hydrogens is 294 g/mol. The molecule has 0 bridgehead atoms. The summed E-state index contributed by atoms with van der Waals surface area (Å²) in [6, 6.07) is 6.10. The van der Waals surface area contributed by atoms with Crippen molar-refractivity contribution in [3.8, 4) is 0 Å². The summed E-state index contributed by atoms with van der Waals surface area (Å²) in [6.45, 7) is 1.69. The third-order valence-corrected chi connectivity index (χ3v) is 3.20. The molecule has 0 saturated heterocycles. The van der Waals surface area contributed by atoms with Crippen molar-refractivity contribution in [2.75, 3.05) is 5.32 Å². The van der Waals surface area contributed by atoms with Crippen molar-refractivity contribution in [1.29, 1.82) is 0 Å². The number of hydrogen-bond donors (Lipinski definition) is 2. The van der Waals surface area contributed by atoms with Crippen LogP contribution in [0.15, 0.2) is 30.3 Å². The van der Waals surface area contributed by atoms with Crippen LogP contribution in [0.2, 0.25) is 0 Å². The zero-order valence-electron chi connectivity index (χ0n) is 11.5. The predicted octanol–water partition coefficient (Wildman–Crippen LogP) is 1.33. The third kappa shape index (κ3) is 2.70. The van der Waals surface area contributed by atoms with Crippen molar-refractivity contribution in [3.05, 3.63) is 47.5 Å². The number of nitrogens with zero attached hydrogens (tertiary/aromatic N) is 5. The average molecular weight is 306 g/mol. The van der Waals surface area contributed by atoms with Gasteiger partial charge in [-0.2, -0.15) is 0 Å². The predicted molar refractivity (Wildman–Crippen MR) is 73.0 cm³/mol. The maximum atomic E-state index is 13.2. The molecule has 0 fully saturated rings. The molecular formula is C13H12F2N6O. The maximum absolute atomic E-state index is 13.2. The van der Waals surface area contributed by atoms with E-state index in [9.17, 15) is 13.9 Å². The van der Waals surface area contributed by atoms with E-state index in [2.05, 4.69) is 25.9 Å². The summed E-state index contributed by atoms with van der Waals surface area (Å²) < 4.78 is 27.4. The highest BCUT2D eigenvalue weighted by Crippen LogP contribution is 2.21. The van der Waals surface area contributed by atoms with Crippen LogP contribution < -0.4 is 5.32 Å². The number of tetrazole rings is 1. The largest absolute Gasteiger partial charge is 0.386 e. The first-order chi connectivity index (χ1) is 10.5. The summed E-state index contributed by atoms with van der Waals surface area (Å²) in [7, 11) is 0. The lowest BCUT2D eigenvalue weighted by Gasteiger charge is -2.21. The van der Waals surface area contributed by atoms with E-state index in [0.29, 0.717) is 11.5 Å². The first-order valence-corrected chi connectivity index (χ1v) is 6.49. The van der Waals surface area contributed by atoms with Gasteiger partial charge in [-0.15, -0.1) is 14.8 Å². The van der Waals surface area contributed by atoms with Gasteiger partial charge in [-0.25, -0.2) is 8.78 Å². The molecule has 3 aromatic rings. The van der Waals surface area contributed by atoms with E-state index in [-0.39, 0.29) is 5.56 Å². The molecule has 0 spiro atoms. The van der Waals surface area contributed by atoms with Gasteiger partial charge in [0.1, 0.15) is 5.82 Å².